The fourth-order valence-electron chi connectivity index (χ4n) is 3.43. The lowest BCUT2D eigenvalue weighted by atomic mass is 10.1. The molecular formula is C21H26N8O. The molecule has 9 heteroatoms. The van der Waals surface area contributed by atoms with Gasteiger partial charge in [0.15, 0.2) is 0 Å². The van der Waals surface area contributed by atoms with Crippen LogP contribution < -0.4 is 5.73 Å². The molecule has 1 aliphatic heterocycles. The summed E-state index contributed by atoms with van der Waals surface area (Å²) in [4.78, 5) is 15.0. The Morgan fingerprint density at radius 2 is 2.27 bits per heavy atom. The molecule has 156 valence electrons. The van der Waals surface area contributed by atoms with E-state index in [2.05, 4.69) is 37.7 Å². The first kappa shape index (κ1) is 21.2. The van der Waals surface area contributed by atoms with E-state index < -0.39 is 0 Å². The van der Waals surface area contributed by atoms with E-state index in [1.54, 1.807) is 11.8 Å². The quantitative estimate of drug-likeness (QED) is 0.552. The molecule has 1 unspecified atom stereocenters. The van der Waals surface area contributed by atoms with E-state index >= 15 is 0 Å². The fourth-order valence-corrected chi connectivity index (χ4v) is 3.43. The summed E-state index contributed by atoms with van der Waals surface area (Å²) in [6.45, 7) is 9.15. The first-order chi connectivity index (χ1) is 14.5. The van der Waals surface area contributed by atoms with Gasteiger partial charge in [-0.15, -0.1) is 0 Å². The van der Waals surface area contributed by atoms with E-state index in [9.17, 15) is 5.26 Å². The van der Waals surface area contributed by atoms with Gasteiger partial charge in [0.25, 0.3) is 5.95 Å². The third kappa shape index (κ3) is 4.55. The molecule has 1 saturated heterocycles. The molecule has 1 fully saturated rings. The number of hydrogen-bond acceptors (Lipinski definition) is 8. The highest BCUT2D eigenvalue weighted by Gasteiger charge is 2.23. The smallest absolute Gasteiger partial charge is 0.253 e. The van der Waals surface area contributed by atoms with Crippen molar-refractivity contribution in [2.45, 2.75) is 32.8 Å². The van der Waals surface area contributed by atoms with Gasteiger partial charge in [-0.3, -0.25) is 0 Å². The normalized spacial score (nSPS) is 16.9. The maximum atomic E-state index is 9.48. The third-order valence-corrected chi connectivity index (χ3v) is 4.97. The van der Waals surface area contributed by atoms with Crippen LogP contribution in [0.25, 0.3) is 5.95 Å². The van der Waals surface area contributed by atoms with E-state index in [4.69, 9.17) is 10.5 Å². The van der Waals surface area contributed by atoms with Crippen LogP contribution in [0.5, 0.6) is 0 Å². The zero-order valence-electron chi connectivity index (χ0n) is 17.5. The average molecular weight is 406 g/mol. The molecule has 0 amide bonds. The van der Waals surface area contributed by atoms with Gasteiger partial charge < -0.3 is 15.4 Å². The number of anilines is 1. The molecule has 9 nitrogen and oxygen atoms in total. The molecule has 0 bridgehead atoms. The van der Waals surface area contributed by atoms with Crippen molar-refractivity contribution in [2.24, 2.45) is 4.99 Å². The van der Waals surface area contributed by atoms with Crippen molar-refractivity contribution >= 4 is 12.5 Å². The van der Waals surface area contributed by atoms with Crippen molar-refractivity contribution in [3.8, 4) is 12.0 Å². The lowest BCUT2D eigenvalue weighted by molar-refractivity contribution is 0.111. The molecule has 0 aromatic carbocycles. The van der Waals surface area contributed by atoms with Crippen molar-refractivity contribution < 1.29 is 4.74 Å². The van der Waals surface area contributed by atoms with Gasteiger partial charge in [0.1, 0.15) is 23.3 Å². The summed E-state index contributed by atoms with van der Waals surface area (Å²) in [6.07, 6.45) is 7.28. The number of allylic oxidation sites excluding steroid dienone is 3. The summed E-state index contributed by atoms with van der Waals surface area (Å²) in [7, 11) is 1.72. The summed E-state index contributed by atoms with van der Waals surface area (Å²) in [5.74, 6) is 1.29. The summed E-state index contributed by atoms with van der Waals surface area (Å²) >= 11 is 0. The largest absolute Gasteiger partial charge is 0.382 e. The van der Waals surface area contributed by atoms with Gasteiger partial charge in [-0.25, -0.2) is 14.7 Å². The first-order valence-electron chi connectivity index (χ1n) is 9.68. The minimum Gasteiger partial charge on any atom is -0.382 e. The van der Waals surface area contributed by atoms with Crippen LogP contribution in [-0.4, -0.2) is 57.7 Å². The van der Waals surface area contributed by atoms with Crippen LogP contribution in [0.2, 0.25) is 0 Å². The van der Waals surface area contributed by atoms with Crippen molar-refractivity contribution in [1.29, 1.82) is 5.26 Å². The maximum absolute atomic E-state index is 9.48. The first-order valence-corrected chi connectivity index (χ1v) is 9.68. The molecule has 2 aromatic heterocycles. The Kier molecular flexibility index (Phi) is 6.59. The number of rotatable bonds is 7. The second kappa shape index (κ2) is 9.33. The van der Waals surface area contributed by atoms with Gasteiger partial charge in [0.05, 0.1) is 17.5 Å². The number of nitrogens with zero attached hydrogens (tertiary/aromatic N) is 7. The van der Waals surface area contributed by atoms with Crippen LogP contribution in [0.4, 0.5) is 5.82 Å². The van der Waals surface area contributed by atoms with Gasteiger partial charge in [-0.05, 0) is 39.1 Å². The fraction of sp³-hybridized carbons (Fsp3) is 0.381. The maximum Gasteiger partial charge on any atom is 0.253 e. The highest BCUT2D eigenvalue weighted by Crippen LogP contribution is 2.19. The van der Waals surface area contributed by atoms with Crippen molar-refractivity contribution in [3.63, 3.8) is 0 Å². The molecule has 3 heterocycles. The second-order valence-electron chi connectivity index (χ2n) is 7.09. The number of hydrogen-bond donors (Lipinski definition) is 1. The number of likely N-dealkylation sites (tertiary alicyclic amines) is 1. The third-order valence-electron chi connectivity index (χ3n) is 4.97. The minimum absolute atomic E-state index is 0.144. The summed E-state index contributed by atoms with van der Waals surface area (Å²) in [6, 6.07) is 4.03. The van der Waals surface area contributed by atoms with E-state index in [1.165, 1.54) is 0 Å². The lowest BCUT2D eigenvalue weighted by Crippen LogP contribution is -2.21. The van der Waals surface area contributed by atoms with E-state index in [0.717, 1.165) is 36.7 Å². The number of nitrogen functional groups attached to an aromatic ring is 1. The standard InChI is InChI=1S/C21H26N8O/c1-14-11-15(2)29(27-14)21-25-18(17(12-22)20(23)26-21)7-5-6-8-19(24-3)28-10-9-16(13-28)30-4/h5-6,8,11,16H,3,7,9-10,13H2,1-2,4H3,(H2,23,25,26)/b6-5-,19-8+. The van der Waals surface area contributed by atoms with Crippen LogP contribution in [-0.2, 0) is 11.2 Å². The summed E-state index contributed by atoms with van der Waals surface area (Å²) < 4.78 is 7.03. The molecule has 30 heavy (non-hydrogen) atoms. The predicted molar refractivity (Wildman–Crippen MR) is 115 cm³/mol. The molecule has 0 aliphatic carbocycles. The minimum atomic E-state index is 0.144. The van der Waals surface area contributed by atoms with E-state index in [0.29, 0.717) is 18.1 Å². The van der Waals surface area contributed by atoms with Gasteiger partial charge in [-0.1, -0.05) is 12.2 Å². The topological polar surface area (TPSA) is 118 Å². The van der Waals surface area contributed by atoms with Gasteiger partial charge in [0, 0.05) is 32.3 Å². The number of methoxy groups -OCH3 is 1. The number of aryl methyl sites for hydroxylation is 2. The molecule has 0 radical (unpaired) electrons. The monoisotopic (exact) mass is 406 g/mol. The van der Waals surface area contributed by atoms with Crippen LogP contribution in [0.3, 0.4) is 0 Å². The van der Waals surface area contributed by atoms with Gasteiger partial charge >= 0.3 is 0 Å². The Hall–Kier alpha value is -3.51. The van der Waals surface area contributed by atoms with Crippen molar-refractivity contribution in [1.82, 2.24) is 24.6 Å². The summed E-state index contributed by atoms with van der Waals surface area (Å²) in [5.41, 5.74) is 8.59. The van der Waals surface area contributed by atoms with Crippen molar-refractivity contribution in [2.75, 3.05) is 25.9 Å². The predicted octanol–water partition coefficient (Wildman–Crippen LogP) is 2.09. The summed E-state index contributed by atoms with van der Waals surface area (Å²) in [5, 5.41) is 13.9. The van der Waals surface area contributed by atoms with E-state index in [1.807, 2.05) is 38.1 Å². The highest BCUT2D eigenvalue weighted by molar-refractivity contribution is 5.53. The van der Waals surface area contributed by atoms with Crippen LogP contribution >= 0.6 is 0 Å². The number of aromatic nitrogens is 4. The average Bonchev–Trinajstić information content (AvgIpc) is 3.33. The Balaban J connectivity index is 1.81. The molecular weight excluding hydrogens is 380 g/mol. The number of nitrogens with two attached hydrogens (primary N) is 1. The Morgan fingerprint density at radius 1 is 1.47 bits per heavy atom. The van der Waals surface area contributed by atoms with E-state index in [-0.39, 0.29) is 17.5 Å². The highest BCUT2D eigenvalue weighted by atomic mass is 16.5. The molecule has 3 rings (SSSR count). The Morgan fingerprint density at radius 3 is 2.87 bits per heavy atom. The molecule has 1 atom stereocenters. The second-order valence-corrected chi connectivity index (χ2v) is 7.09. The van der Waals surface area contributed by atoms with Crippen LogP contribution in [0.1, 0.15) is 29.1 Å². The van der Waals surface area contributed by atoms with Gasteiger partial charge in [0.2, 0.25) is 0 Å². The number of ether oxygens (including phenoxy) is 1. The van der Waals surface area contributed by atoms with Crippen LogP contribution in [0, 0.1) is 25.2 Å². The molecule has 2 N–H and O–H groups in total. The molecule has 1 aliphatic rings. The van der Waals surface area contributed by atoms with Crippen LogP contribution in [0.15, 0.2) is 35.1 Å². The zero-order chi connectivity index (χ0) is 21.7. The lowest BCUT2D eigenvalue weighted by Gasteiger charge is -2.17. The Bertz CT molecular complexity index is 1030. The number of nitriles is 1. The van der Waals surface area contributed by atoms with Crippen molar-refractivity contribution in [3.05, 3.63) is 52.8 Å². The van der Waals surface area contributed by atoms with Gasteiger partial charge in [-0.2, -0.15) is 15.3 Å². The molecule has 0 spiro atoms. The molecule has 0 saturated carbocycles. The Labute approximate surface area is 176 Å². The number of aliphatic imine (C=N–C) groups is 1. The zero-order valence-corrected chi connectivity index (χ0v) is 17.5. The SMILES string of the molecule is C=N/C(=C\C=C/Cc1nc(-n2nc(C)cc2C)nc(N)c1C#N)N1CCC(OC)C1. The molecule has 2 aromatic rings.